The number of ether oxygens (including phenoxy) is 1. The van der Waals surface area contributed by atoms with Gasteiger partial charge in [0.05, 0.1) is 6.04 Å². The molecule has 1 heterocycles. The van der Waals surface area contributed by atoms with Crippen molar-refractivity contribution in [2.24, 2.45) is 5.73 Å². The number of hydrogen-bond acceptors (Lipinski definition) is 4. The van der Waals surface area contributed by atoms with E-state index in [1.807, 2.05) is 23.1 Å². The van der Waals surface area contributed by atoms with Crippen LogP contribution in [0.15, 0.2) is 54.6 Å². The van der Waals surface area contributed by atoms with E-state index in [0.717, 1.165) is 24.9 Å². The van der Waals surface area contributed by atoms with Crippen LogP contribution in [0.2, 0.25) is 0 Å². The summed E-state index contributed by atoms with van der Waals surface area (Å²) >= 11 is 0. The average Bonchev–Trinajstić information content (AvgIpc) is 3.15. The average molecular weight is 415 g/mol. The first-order chi connectivity index (χ1) is 14.4. The van der Waals surface area contributed by atoms with Crippen LogP contribution in [0.3, 0.4) is 0 Å². The van der Waals surface area contributed by atoms with Gasteiger partial charge in [0.2, 0.25) is 11.8 Å². The molecule has 6 nitrogen and oxygen atoms in total. The fraction of sp³-hybridized carbons (Fsp3) is 0.273. The number of primary amides is 1. The van der Waals surface area contributed by atoms with Crippen LogP contribution >= 0.6 is 0 Å². The van der Waals surface area contributed by atoms with Gasteiger partial charge in [0.25, 0.3) is 0 Å². The fourth-order valence-electron chi connectivity index (χ4n) is 3.49. The molecule has 0 saturated carbocycles. The van der Waals surface area contributed by atoms with E-state index in [1.54, 1.807) is 24.3 Å². The molecule has 3 N–H and O–H groups in total. The molecule has 2 aromatic rings. The van der Waals surface area contributed by atoms with Gasteiger partial charge in [-0.15, -0.1) is 0 Å². The summed E-state index contributed by atoms with van der Waals surface area (Å²) < 4.78 is 29.4. The highest BCUT2D eigenvalue weighted by atomic mass is 19.3. The number of alkyl halides is 2. The highest BCUT2D eigenvalue weighted by Crippen LogP contribution is 2.23. The van der Waals surface area contributed by atoms with Crippen molar-refractivity contribution in [1.29, 1.82) is 0 Å². The van der Waals surface area contributed by atoms with E-state index in [2.05, 4.69) is 10.1 Å². The molecule has 0 aliphatic carbocycles. The normalized spacial score (nSPS) is 16.8. The predicted molar refractivity (Wildman–Crippen MR) is 110 cm³/mol. The van der Waals surface area contributed by atoms with Crippen molar-refractivity contribution in [2.45, 2.75) is 32.0 Å². The Morgan fingerprint density at radius 1 is 1.23 bits per heavy atom. The molecule has 158 valence electrons. The predicted octanol–water partition coefficient (Wildman–Crippen LogP) is 3.39. The van der Waals surface area contributed by atoms with Crippen LogP contribution in [0, 0.1) is 0 Å². The van der Waals surface area contributed by atoms with Crippen molar-refractivity contribution in [3.8, 4) is 5.75 Å². The maximum absolute atomic E-state index is 12.5. The summed E-state index contributed by atoms with van der Waals surface area (Å²) in [5.74, 6) is -0.735. The molecule has 1 aliphatic heterocycles. The number of likely N-dealkylation sites (tertiary alicyclic amines) is 1. The Morgan fingerprint density at radius 3 is 2.80 bits per heavy atom. The molecule has 0 bridgehead atoms. The molecule has 0 radical (unpaired) electrons. The molecular formula is C22H23F2N3O3. The van der Waals surface area contributed by atoms with Gasteiger partial charge in [0.15, 0.2) is 0 Å². The van der Waals surface area contributed by atoms with Crippen LogP contribution in [0.4, 0.5) is 14.5 Å². The topological polar surface area (TPSA) is 84.7 Å². The quantitative estimate of drug-likeness (QED) is 0.648. The van der Waals surface area contributed by atoms with Crippen LogP contribution in [-0.4, -0.2) is 35.9 Å². The summed E-state index contributed by atoms with van der Waals surface area (Å²) in [7, 11) is 0. The highest BCUT2D eigenvalue weighted by molar-refractivity contribution is 6.02. The number of nitrogens with two attached hydrogens (primary N) is 1. The Bertz CT molecular complexity index is 933. The van der Waals surface area contributed by atoms with E-state index in [4.69, 9.17) is 5.73 Å². The number of benzene rings is 2. The standard InChI is InChI=1S/C22H23F2N3O3/c23-22(24)30-19-9-2-1-6-16(19)10-11-20(28)26-17-7-3-5-15(13-17)14-27-12-4-8-18(27)21(25)29/h1-3,5-7,9-11,13,18,22H,4,8,12,14H2,(H2,25,29)(H,26,28). The number of anilines is 1. The summed E-state index contributed by atoms with van der Waals surface area (Å²) in [4.78, 5) is 25.8. The van der Waals surface area contributed by atoms with Crippen molar-refractivity contribution >= 4 is 23.6 Å². The Labute approximate surface area is 173 Å². The molecule has 30 heavy (non-hydrogen) atoms. The van der Waals surface area contributed by atoms with Gasteiger partial charge in [-0.3, -0.25) is 14.5 Å². The second-order valence-electron chi connectivity index (χ2n) is 6.97. The molecule has 2 amide bonds. The van der Waals surface area contributed by atoms with Gasteiger partial charge in [-0.1, -0.05) is 30.3 Å². The van der Waals surface area contributed by atoms with E-state index >= 15 is 0 Å². The Balaban J connectivity index is 1.63. The number of nitrogens with zero attached hydrogens (tertiary/aromatic N) is 1. The number of hydrogen-bond donors (Lipinski definition) is 2. The molecule has 1 unspecified atom stereocenters. The maximum atomic E-state index is 12.5. The van der Waals surface area contributed by atoms with Crippen LogP contribution in [0.5, 0.6) is 5.75 Å². The lowest BCUT2D eigenvalue weighted by Gasteiger charge is -2.22. The molecule has 2 aromatic carbocycles. The van der Waals surface area contributed by atoms with E-state index in [-0.39, 0.29) is 17.7 Å². The van der Waals surface area contributed by atoms with Gasteiger partial charge in [-0.05, 0) is 49.2 Å². The first-order valence-corrected chi connectivity index (χ1v) is 9.57. The summed E-state index contributed by atoms with van der Waals surface area (Å²) in [6.07, 6.45) is 4.35. The highest BCUT2D eigenvalue weighted by Gasteiger charge is 2.28. The Hall–Kier alpha value is -3.26. The molecule has 1 atom stereocenters. The number of carbonyl (C=O) groups is 2. The summed E-state index contributed by atoms with van der Waals surface area (Å²) in [6.45, 7) is -1.58. The number of carbonyl (C=O) groups excluding carboxylic acids is 2. The molecule has 0 aromatic heterocycles. The van der Waals surface area contributed by atoms with Crippen LogP contribution < -0.4 is 15.8 Å². The van der Waals surface area contributed by atoms with E-state index < -0.39 is 12.5 Å². The third-order valence-electron chi connectivity index (χ3n) is 4.82. The van der Waals surface area contributed by atoms with E-state index in [1.165, 1.54) is 18.2 Å². The van der Waals surface area contributed by atoms with Gasteiger partial charge in [-0.25, -0.2) is 0 Å². The Kier molecular flexibility index (Phi) is 7.13. The van der Waals surface area contributed by atoms with Crippen LogP contribution in [0.25, 0.3) is 6.08 Å². The minimum absolute atomic E-state index is 0.00633. The lowest BCUT2D eigenvalue weighted by Crippen LogP contribution is -2.39. The van der Waals surface area contributed by atoms with Gasteiger partial charge in [0, 0.05) is 23.9 Å². The fourth-order valence-corrected chi connectivity index (χ4v) is 3.49. The van der Waals surface area contributed by atoms with E-state index in [9.17, 15) is 18.4 Å². The number of halogens is 2. The van der Waals surface area contributed by atoms with Gasteiger partial charge < -0.3 is 15.8 Å². The first-order valence-electron chi connectivity index (χ1n) is 9.57. The Morgan fingerprint density at radius 2 is 2.03 bits per heavy atom. The molecule has 1 fully saturated rings. The zero-order valence-corrected chi connectivity index (χ0v) is 16.3. The molecular weight excluding hydrogens is 392 g/mol. The van der Waals surface area contributed by atoms with Gasteiger partial charge in [-0.2, -0.15) is 8.78 Å². The number of para-hydroxylation sites is 1. The smallest absolute Gasteiger partial charge is 0.387 e. The zero-order chi connectivity index (χ0) is 21.5. The summed E-state index contributed by atoms with van der Waals surface area (Å²) in [5, 5.41) is 2.75. The molecule has 1 aliphatic rings. The zero-order valence-electron chi connectivity index (χ0n) is 16.3. The summed E-state index contributed by atoms with van der Waals surface area (Å²) in [5.41, 5.74) is 7.37. The van der Waals surface area contributed by atoms with Crippen LogP contribution in [0.1, 0.15) is 24.0 Å². The molecule has 8 heteroatoms. The molecule has 1 saturated heterocycles. The lowest BCUT2D eigenvalue weighted by atomic mass is 10.1. The number of amides is 2. The molecule has 3 rings (SSSR count). The van der Waals surface area contributed by atoms with Crippen molar-refractivity contribution in [2.75, 3.05) is 11.9 Å². The summed E-state index contributed by atoms with van der Waals surface area (Å²) in [6, 6.07) is 13.3. The van der Waals surface area contributed by atoms with Crippen LogP contribution in [-0.2, 0) is 16.1 Å². The monoisotopic (exact) mass is 415 g/mol. The van der Waals surface area contributed by atoms with Crippen molar-refractivity contribution < 1.29 is 23.1 Å². The SMILES string of the molecule is NC(=O)C1CCCN1Cc1cccc(NC(=O)C=Cc2ccccc2OC(F)F)c1. The maximum Gasteiger partial charge on any atom is 0.387 e. The van der Waals surface area contributed by atoms with Gasteiger partial charge >= 0.3 is 6.61 Å². The van der Waals surface area contributed by atoms with Crippen molar-refractivity contribution in [1.82, 2.24) is 4.90 Å². The number of nitrogens with one attached hydrogen (secondary N) is 1. The first kappa shape index (κ1) is 21.4. The third-order valence-corrected chi connectivity index (χ3v) is 4.82. The second kappa shape index (κ2) is 9.98. The molecule has 0 spiro atoms. The minimum atomic E-state index is -2.94. The van der Waals surface area contributed by atoms with Crippen molar-refractivity contribution in [3.05, 3.63) is 65.7 Å². The second-order valence-corrected chi connectivity index (χ2v) is 6.97. The van der Waals surface area contributed by atoms with Crippen molar-refractivity contribution in [3.63, 3.8) is 0 Å². The third kappa shape index (κ3) is 5.87. The number of rotatable bonds is 8. The van der Waals surface area contributed by atoms with Gasteiger partial charge in [0.1, 0.15) is 5.75 Å². The lowest BCUT2D eigenvalue weighted by molar-refractivity contribution is -0.122. The largest absolute Gasteiger partial charge is 0.434 e. The van der Waals surface area contributed by atoms with E-state index in [0.29, 0.717) is 17.8 Å². The minimum Gasteiger partial charge on any atom is -0.434 e.